The van der Waals surface area contributed by atoms with Gasteiger partial charge in [-0.05, 0) is 78.6 Å². The van der Waals surface area contributed by atoms with Crippen molar-refractivity contribution < 1.29 is 19.1 Å². The summed E-state index contributed by atoms with van der Waals surface area (Å²) in [5, 5.41) is 7.07. The minimum absolute atomic E-state index is 0.354. The molecule has 0 radical (unpaired) electrons. The van der Waals surface area contributed by atoms with Crippen molar-refractivity contribution in [2.24, 2.45) is 5.10 Å². The van der Waals surface area contributed by atoms with Crippen LogP contribution in [0, 0.1) is 13.8 Å². The fourth-order valence-corrected chi connectivity index (χ4v) is 3.20. The van der Waals surface area contributed by atoms with Crippen LogP contribution >= 0.6 is 11.6 Å². The van der Waals surface area contributed by atoms with Gasteiger partial charge in [0.2, 0.25) is 0 Å². The number of anilines is 1. The molecule has 33 heavy (non-hydrogen) atoms. The van der Waals surface area contributed by atoms with Crippen LogP contribution in [-0.4, -0.2) is 25.1 Å². The van der Waals surface area contributed by atoms with Gasteiger partial charge in [-0.15, -0.1) is 0 Å². The van der Waals surface area contributed by atoms with Gasteiger partial charge in [-0.1, -0.05) is 29.8 Å². The molecule has 0 aromatic heterocycles. The van der Waals surface area contributed by atoms with E-state index >= 15 is 0 Å². The molecular weight excluding hydrogens is 442 g/mol. The Morgan fingerprint density at radius 2 is 1.64 bits per heavy atom. The Kier molecular flexibility index (Phi) is 8.05. The molecule has 0 aliphatic rings. The molecule has 3 aromatic rings. The molecule has 0 fully saturated rings. The summed E-state index contributed by atoms with van der Waals surface area (Å²) in [6, 6.07) is 18.1. The van der Waals surface area contributed by atoms with Gasteiger partial charge >= 0.3 is 11.8 Å². The first-order chi connectivity index (χ1) is 15.8. The Morgan fingerprint density at radius 1 is 0.939 bits per heavy atom. The lowest BCUT2D eigenvalue weighted by Gasteiger charge is -2.11. The summed E-state index contributed by atoms with van der Waals surface area (Å²) in [6.07, 6.45) is 1.41. The van der Waals surface area contributed by atoms with Crippen LogP contribution in [0.25, 0.3) is 0 Å². The number of amides is 2. The van der Waals surface area contributed by atoms with E-state index in [9.17, 15) is 9.59 Å². The van der Waals surface area contributed by atoms with Crippen LogP contribution in [-0.2, 0) is 16.2 Å². The molecule has 0 saturated heterocycles. The van der Waals surface area contributed by atoms with E-state index in [1.54, 1.807) is 42.5 Å². The van der Waals surface area contributed by atoms with Crippen molar-refractivity contribution in [1.29, 1.82) is 0 Å². The molecule has 0 saturated carbocycles. The maximum Gasteiger partial charge on any atom is 0.329 e. The minimum Gasteiger partial charge on any atom is -0.493 e. The Balaban J connectivity index is 1.57. The van der Waals surface area contributed by atoms with E-state index in [4.69, 9.17) is 21.1 Å². The Bertz CT molecular complexity index is 1160. The summed E-state index contributed by atoms with van der Waals surface area (Å²) in [7, 11) is 1.53. The summed E-state index contributed by atoms with van der Waals surface area (Å²) >= 11 is 5.90. The van der Waals surface area contributed by atoms with Crippen LogP contribution in [0.4, 0.5) is 5.69 Å². The predicted octanol–water partition coefficient (Wildman–Crippen LogP) is 4.63. The third-order valence-corrected chi connectivity index (χ3v) is 4.81. The molecule has 0 aliphatic heterocycles. The van der Waals surface area contributed by atoms with Gasteiger partial charge in [0.05, 0.1) is 13.3 Å². The number of hydrogen-bond donors (Lipinski definition) is 2. The zero-order chi connectivity index (χ0) is 23.8. The lowest BCUT2D eigenvalue weighted by atomic mass is 10.1. The summed E-state index contributed by atoms with van der Waals surface area (Å²) < 4.78 is 11.2. The van der Waals surface area contributed by atoms with Gasteiger partial charge in [0.15, 0.2) is 11.5 Å². The SMILES string of the molecule is COc1cc(/C=N/NC(=O)C(=O)Nc2cc(C)cc(C)c2)ccc1OCc1ccc(Cl)cc1. The van der Waals surface area contributed by atoms with Crippen molar-refractivity contribution in [2.75, 3.05) is 12.4 Å². The van der Waals surface area contributed by atoms with Crippen LogP contribution < -0.4 is 20.2 Å². The lowest BCUT2D eigenvalue weighted by Crippen LogP contribution is -2.32. The topological polar surface area (TPSA) is 89.0 Å². The fraction of sp³-hybridized carbons (Fsp3) is 0.160. The summed E-state index contributed by atoms with van der Waals surface area (Å²) in [5.74, 6) is -0.616. The molecule has 170 valence electrons. The third kappa shape index (κ3) is 7.08. The van der Waals surface area contributed by atoms with Gasteiger partial charge in [-0.2, -0.15) is 5.10 Å². The molecule has 7 nitrogen and oxygen atoms in total. The number of carbonyl (C=O) groups excluding carboxylic acids is 2. The molecule has 8 heteroatoms. The van der Waals surface area contributed by atoms with E-state index in [-0.39, 0.29) is 0 Å². The van der Waals surface area contributed by atoms with Crippen LogP contribution in [0.1, 0.15) is 22.3 Å². The fourth-order valence-electron chi connectivity index (χ4n) is 3.08. The van der Waals surface area contributed by atoms with E-state index < -0.39 is 11.8 Å². The maximum atomic E-state index is 12.1. The van der Waals surface area contributed by atoms with Crippen molar-refractivity contribution in [3.63, 3.8) is 0 Å². The van der Waals surface area contributed by atoms with Crippen molar-refractivity contribution in [1.82, 2.24) is 5.43 Å². The first-order valence-corrected chi connectivity index (χ1v) is 10.5. The zero-order valence-corrected chi connectivity index (χ0v) is 19.3. The molecule has 3 rings (SSSR count). The largest absolute Gasteiger partial charge is 0.493 e. The van der Waals surface area contributed by atoms with Crippen molar-refractivity contribution in [2.45, 2.75) is 20.5 Å². The number of methoxy groups -OCH3 is 1. The number of benzene rings is 3. The first kappa shape index (κ1) is 23.8. The van der Waals surface area contributed by atoms with Gasteiger partial charge in [-0.25, -0.2) is 5.43 Å². The van der Waals surface area contributed by atoms with Crippen LogP contribution in [0.2, 0.25) is 5.02 Å². The summed E-state index contributed by atoms with van der Waals surface area (Å²) in [6.45, 7) is 4.18. The van der Waals surface area contributed by atoms with E-state index in [0.717, 1.165) is 16.7 Å². The highest BCUT2D eigenvalue weighted by molar-refractivity contribution is 6.39. The minimum atomic E-state index is -0.875. The number of hydrazone groups is 1. The second kappa shape index (κ2) is 11.2. The number of ether oxygens (including phenoxy) is 2. The molecule has 0 atom stereocenters. The number of carbonyl (C=O) groups is 2. The number of halogens is 1. The zero-order valence-electron chi connectivity index (χ0n) is 18.5. The molecule has 3 aromatic carbocycles. The lowest BCUT2D eigenvalue weighted by molar-refractivity contribution is -0.136. The van der Waals surface area contributed by atoms with Crippen molar-refractivity contribution in [3.05, 3.63) is 87.9 Å². The molecule has 0 aliphatic carbocycles. The maximum absolute atomic E-state index is 12.1. The van der Waals surface area contributed by atoms with E-state index in [1.807, 2.05) is 32.0 Å². The van der Waals surface area contributed by atoms with E-state index in [2.05, 4.69) is 15.8 Å². The van der Waals surface area contributed by atoms with Crippen molar-refractivity contribution >= 4 is 35.3 Å². The molecule has 2 amide bonds. The number of nitrogens with zero attached hydrogens (tertiary/aromatic N) is 1. The molecule has 0 bridgehead atoms. The molecular formula is C25H24ClN3O4. The van der Waals surface area contributed by atoms with Gasteiger partial charge in [0.1, 0.15) is 6.61 Å². The smallest absolute Gasteiger partial charge is 0.329 e. The monoisotopic (exact) mass is 465 g/mol. The third-order valence-electron chi connectivity index (χ3n) is 4.56. The standard InChI is InChI=1S/C25H24ClN3O4/c1-16-10-17(2)12-21(11-16)28-24(30)25(31)29-27-14-19-6-9-22(23(13-19)32-3)33-15-18-4-7-20(26)8-5-18/h4-14H,15H2,1-3H3,(H,28,30)(H,29,31)/b27-14+. The van der Waals surface area contributed by atoms with Gasteiger partial charge in [0, 0.05) is 10.7 Å². The molecule has 0 spiro atoms. The first-order valence-electron chi connectivity index (χ1n) is 10.1. The normalized spacial score (nSPS) is 10.7. The van der Waals surface area contributed by atoms with Gasteiger partial charge in [0.25, 0.3) is 0 Å². The molecule has 2 N–H and O–H groups in total. The van der Waals surface area contributed by atoms with Crippen LogP contribution in [0.3, 0.4) is 0 Å². The quantitative estimate of drug-likeness (QED) is 0.302. The second-order valence-corrected chi connectivity index (χ2v) is 7.79. The van der Waals surface area contributed by atoms with Crippen LogP contribution in [0.15, 0.2) is 65.8 Å². The average molecular weight is 466 g/mol. The Morgan fingerprint density at radius 3 is 2.30 bits per heavy atom. The number of rotatable bonds is 7. The molecule has 0 heterocycles. The Hall–Kier alpha value is -3.84. The number of nitrogens with one attached hydrogen (secondary N) is 2. The second-order valence-electron chi connectivity index (χ2n) is 7.36. The average Bonchev–Trinajstić information content (AvgIpc) is 2.78. The summed E-state index contributed by atoms with van der Waals surface area (Å²) in [4.78, 5) is 24.1. The highest BCUT2D eigenvalue weighted by atomic mass is 35.5. The number of hydrogen-bond acceptors (Lipinski definition) is 5. The van der Waals surface area contributed by atoms with Gasteiger partial charge in [-0.3, -0.25) is 9.59 Å². The van der Waals surface area contributed by atoms with E-state index in [0.29, 0.717) is 34.4 Å². The van der Waals surface area contributed by atoms with Crippen molar-refractivity contribution in [3.8, 4) is 11.5 Å². The highest BCUT2D eigenvalue weighted by Gasteiger charge is 2.13. The van der Waals surface area contributed by atoms with Crippen LogP contribution in [0.5, 0.6) is 11.5 Å². The number of aryl methyl sites for hydroxylation is 2. The highest BCUT2D eigenvalue weighted by Crippen LogP contribution is 2.28. The summed E-state index contributed by atoms with van der Waals surface area (Å²) in [5.41, 5.74) is 6.36. The molecule has 0 unspecified atom stereocenters. The van der Waals surface area contributed by atoms with Gasteiger partial charge < -0.3 is 14.8 Å². The Labute approximate surface area is 197 Å². The predicted molar refractivity (Wildman–Crippen MR) is 129 cm³/mol. The van der Waals surface area contributed by atoms with E-state index in [1.165, 1.54) is 13.3 Å².